The lowest BCUT2D eigenvalue weighted by molar-refractivity contribution is -0.137. The Kier molecular flexibility index (Phi) is 6.29. The van der Waals surface area contributed by atoms with Crippen molar-refractivity contribution in [3.63, 3.8) is 0 Å². The molecule has 1 aliphatic rings. The Morgan fingerprint density at radius 1 is 1.12 bits per heavy atom. The molecule has 1 fully saturated rings. The van der Waals surface area contributed by atoms with E-state index in [2.05, 4.69) is 15.3 Å². The van der Waals surface area contributed by atoms with Crippen LogP contribution >= 0.6 is 0 Å². The zero-order chi connectivity index (χ0) is 22.7. The summed E-state index contributed by atoms with van der Waals surface area (Å²) in [4.78, 5) is 15.2. The monoisotopic (exact) mass is 444 g/mol. The van der Waals surface area contributed by atoms with Gasteiger partial charge in [-0.2, -0.15) is 18.3 Å². The van der Waals surface area contributed by atoms with Gasteiger partial charge in [0.25, 0.3) is 5.91 Å². The number of carbonyl (C=O) groups excluding carboxylic acids is 1. The van der Waals surface area contributed by atoms with Crippen LogP contribution < -0.4 is 5.32 Å². The van der Waals surface area contributed by atoms with Crippen molar-refractivity contribution < 1.29 is 22.7 Å². The Labute approximate surface area is 183 Å². The first-order valence-electron chi connectivity index (χ1n) is 10.2. The largest absolute Gasteiger partial charge is 0.416 e. The molecular formula is C23H23F3N4O2. The van der Waals surface area contributed by atoms with Gasteiger partial charge in [0.05, 0.1) is 41.9 Å². The lowest BCUT2D eigenvalue weighted by Crippen LogP contribution is -2.35. The van der Waals surface area contributed by atoms with Gasteiger partial charge in [0.15, 0.2) is 0 Å². The van der Waals surface area contributed by atoms with E-state index in [0.717, 1.165) is 30.8 Å². The predicted molar refractivity (Wildman–Crippen MR) is 114 cm³/mol. The molecule has 168 valence electrons. The molecule has 0 atom stereocenters. The summed E-state index contributed by atoms with van der Waals surface area (Å²) in [5.74, 6) is -0.366. The molecule has 1 aromatic heterocycles. The van der Waals surface area contributed by atoms with Crippen molar-refractivity contribution in [2.75, 3.05) is 31.6 Å². The number of ether oxygens (including phenoxy) is 1. The van der Waals surface area contributed by atoms with E-state index in [1.165, 1.54) is 23.0 Å². The highest BCUT2D eigenvalue weighted by Crippen LogP contribution is 2.30. The number of anilines is 1. The molecule has 2 aromatic carbocycles. The first-order valence-corrected chi connectivity index (χ1v) is 10.2. The lowest BCUT2D eigenvalue weighted by Gasteiger charge is -2.27. The van der Waals surface area contributed by atoms with Gasteiger partial charge in [0.1, 0.15) is 0 Å². The molecule has 3 aromatic rings. The van der Waals surface area contributed by atoms with Crippen molar-refractivity contribution in [1.29, 1.82) is 0 Å². The van der Waals surface area contributed by atoms with E-state index in [-0.39, 0.29) is 11.6 Å². The summed E-state index contributed by atoms with van der Waals surface area (Å²) in [7, 11) is 0. The van der Waals surface area contributed by atoms with Gasteiger partial charge in [-0.1, -0.05) is 24.3 Å². The Morgan fingerprint density at radius 3 is 2.62 bits per heavy atom. The smallest absolute Gasteiger partial charge is 0.379 e. The van der Waals surface area contributed by atoms with E-state index in [0.29, 0.717) is 36.7 Å². The minimum atomic E-state index is -4.46. The number of alkyl halides is 3. The fraction of sp³-hybridized carbons (Fsp3) is 0.304. The minimum absolute atomic E-state index is 0.240. The van der Waals surface area contributed by atoms with E-state index >= 15 is 0 Å². The number of amides is 1. The van der Waals surface area contributed by atoms with E-state index < -0.39 is 11.7 Å². The molecule has 0 radical (unpaired) electrons. The average molecular weight is 444 g/mol. The third kappa shape index (κ3) is 4.84. The van der Waals surface area contributed by atoms with E-state index in [4.69, 9.17) is 4.74 Å². The SMILES string of the molecule is Cc1c(C(=O)Nc2ccccc2CN2CCOCC2)cnn1-c1cccc(C(F)(F)F)c1. The van der Waals surface area contributed by atoms with Crippen LogP contribution in [0.2, 0.25) is 0 Å². The van der Waals surface area contributed by atoms with Gasteiger partial charge in [-0.3, -0.25) is 9.69 Å². The van der Waals surface area contributed by atoms with Crippen molar-refractivity contribution in [1.82, 2.24) is 14.7 Å². The number of para-hydroxylation sites is 1. The summed E-state index contributed by atoms with van der Waals surface area (Å²) in [5.41, 5.74) is 1.88. The quantitative estimate of drug-likeness (QED) is 0.638. The first-order chi connectivity index (χ1) is 15.3. The summed E-state index contributed by atoms with van der Waals surface area (Å²) in [6, 6.07) is 12.4. The number of aromatic nitrogens is 2. The third-order valence-corrected chi connectivity index (χ3v) is 5.44. The van der Waals surface area contributed by atoms with Crippen LogP contribution in [-0.2, 0) is 17.5 Å². The van der Waals surface area contributed by atoms with Crippen LogP contribution in [-0.4, -0.2) is 46.9 Å². The van der Waals surface area contributed by atoms with Crippen LogP contribution in [0.15, 0.2) is 54.7 Å². The molecule has 1 N–H and O–H groups in total. The highest BCUT2D eigenvalue weighted by atomic mass is 19.4. The fourth-order valence-corrected chi connectivity index (χ4v) is 3.68. The van der Waals surface area contributed by atoms with E-state index in [1.54, 1.807) is 6.92 Å². The van der Waals surface area contributed by atoms with Crippen LogP contribution in [0.5, 0.6) is 0 Å². The van der Waals surface area contributed by atoms with Crippen LogP contribution in [0.1, 0.15) is 27.2 Å². The normalized spacial score (nSPS) is 15.0. The number of halogens is 3. The van der Waals surface area contributed by atoms with Gasteiger partial charge in [0.2, 0.25) is 0 Å². The summed E-state index contributed by atoms with van der Waals surface area (Å²) >= 11 is 0. The maximum atomic E-state index is 13.1. The van der Waals surface area contributed by atoms with Crippen molar-refractivity contribution in [3.8, 4) is 5.69 Å². The number of rotatable bonds is 5. The zero-order valence-electron chi connectivity index (χ0n) is 17.5. The Bertz CT molecular complexity index is 1100. The molecule has 1 amide bonds. The van der Waals surface area contributed by atoms with Gasteiger partial charge in [-0.25, -0.2) is 4.68 Å². The molecule has 2 heterocycles. The zero-order valence-corrected chi connectivity index (χ0v) is 17.5. The molecular weight excluding hydrogens is 421 g/mol. The van der Waals surface area contributed by atoms with E-state index in [9.17, 15) is 18.0 Å². The molecule has 0 aliphatic carbocycles. The van der Waals surface area contributed by atoms with Crippen molar-refractivity contribution >= 4 is 11.6 Å². The Balaban J connectivity index is 1.54. The second-order valence-corrected chi connectivity index (χ2v) is 7.60. The molecule has 0 spiro atoms. The van der Waals surface area contributed by atoms with E-state index in [1.807, 2.05) is 24.3 Å². The van der Waals surface area contributed by atoms with Crippen molar-refractivity contribution in [3.05, 3.63) is 77.1 Å². The molecule has 9 heteroatoms. The first kappa shape index (κ1) is 22.0. The van der Waals surface area contributed by atoms with Gasteiger partial charge < -0.3 is 10.1 Å². The van der Waals surface area contributed by atoms with Crippen LogP contribution in [0.25, 0.3) is 5.69 Å². The number of carbonyl (C=O) groups is 1. The van der Waals surface area contributed by atoms with Gasteiger partial charge in [-0.05, 0) is 36.8 Å². The Morgan fingerprint density at radius 2 is 1.88 bits per heavy atom. The molecule has 32 heavy (non-hydrogen) atoms. The van der Waals surface area contributed by atoms with Gasteiger partial charge in [-0.15, -0.1) is 0 Å². The minimum Gasteiger partial charge on any atom is -0.379 e. The Hall–Kier alpha value is -3.17. The molecule has 0 saturated carbocycles. The fourth-order valence-electron chi connectivity index (χ4n) is 3.68. The van der Waals surface area contributed by atoms with Crippen molar-refractivity contribution in [2.45, 2.75) is 19.6 Å². The molecule has 0 bridgehead atoms. The highest BCUT2D eigenvalue weighted by Gasteiger charge is 2.30. The van der Waals surface area contributed by atoms with Gasteiger partial charge in [0, 0.05) is 25.3 Å². The summed E-state index contributed by atoms with van der Waals surface area (Å²) in [6.45, 7) is 5.35. The maximum absolute atomic E-state index is 13.1. The summed E-state index contributed by atoms with van der Waals surface area (Å²) in [5, 5.41) is 7.08. The second-order valence-electron chi connectivity index (χ2n) is 7.60. The van der Waals surface area contributed by atoms with Crippen LogP contribution in [0.4, 0.5) is 18.9 Å². The summed E-state index contributed by atoms with van der Waals surface area (Å²) in [6.07, 6.45) is -3.09. The molecule has 6 nitrogen and oxygen atoms in total. The molecule has 0 unspecified atom stereocenters. The number of nitrogens with one attached hydrogen (secondary N) is 1. The molecule has 4 rings (SSSR count). The summed E-state index contributed by atoms with van der Waals surface area (Å²) < 4.78 is 45.9. The number of hydrogen-bond donors (Lipinski definition) is 1. The van der Waals surface area contributed by atoms with Crippen LogP contribution in [0.3, 0.4) is 0 Å². The topological polar surface area (TPSA) is 59.4 Å². The predicted octanol–water partition coefficient (Wildman–Crippen LogP) is 4.28. The van der Waals surface area contributed by atoms with Crippen LogP contribution in [0, 0.1) is 6.92 Å². The maximum Gasteiger partial charge on any atom is 0.416 e. The number of morpholine rings is 1. The average Bonchev–Trinajstić information content (AvgIpc) is 3.17. The van der Waals surface area contributed by atoms with Gasteiger partial charge >= 0.3 is 6.18 Å². The number of hydrogen-bond acceptors (Lipinski definition) is 4. The molecule has 1 aliphatic heterocycles. The number of nitrogens with zero attached hydrogens (tertiary/aromatic N) is 3. The highest BCUT2D eigenvalue weighted by molar-refractivity contribution is 6.05. The third-order valence-electron chi connectivity index (χ3n) is 5.44. The number of benzene rings is 2. The lowest BCUT2D eigenvalue weighted by atomic mass is 10.1. The molecule has 1 saturated heterocycles. The second kappa shape index (κ2) is 9.13. The van der Waals surface area contributed by atoms with Crippen molar-refractivity contribution in [2.24, 2.45) is 0 Å². The standard InChI is InChI=1S/C23H23F3N4O2/c1-16-20(14-27-30(16)19-7-4-6-18(13-19)23(24,25)26)22(31)28-21-8-3-2-5-17(21)15-29-9-11-32-12-10-29/h2-8,13-14H,9-12,15H2,1H3,(H,28,31).